The number of hydrogen-bond donors (Lipinski definition) is 0. The first-order chi connectivity index (χ1) is 5.22. The Morgan fingerprint density at radius 1 is 1.73 bits per heavy atom. The van der Waals surface area contributed by atoms with Crippen LogP contribution in [-0.4, -0.2) is 22.6 Å². The summed E-state index contributed by atoms with van der Waals surface area (Å²) in [6.45, 7) is 1.99. The summed E-state index contributed by atoms with van der Waals surface area (Å²) in [7, 11) is 1.69. The summed E-state index contributed by atoms with van der Waals surface area (Å²) in [5, 5.41) is 0. The Morgan fingerprint density at radius 3 is 2.91 bits per heavy atom. The van der Waals surface area contributed by atoms with Gasteiger partial charge in [-0.3, -0.25) is 0 Å². The predicted molar refractivity (Wildman–Crippen MR) is 47.8 cm³/mol. The van der Waals surface area contributed by atoms with Gasteiger partial charge in [-0.2, -0.15) is 4.37 Å². The monoisotopic (exact) mass is 236 g/mol. The lowest BCUT2D eigenvalue weighted by Crippen LogP contribution is -2.09. The van der Waals surface area contributed by atoms with Crippen LogP contribution in [0.15, 0.2) is 3.92 Å². The summed E-state index contributed by atoms with van der Waals surface area (Å²) in [5.41, 5.74) is 0. The van der Waals surface area contributed by atoms with Crippen molar-refractivity contribution >= 4 is 27.5 Å². The molecular formula is C6H9BrN2OS. The van der Waals surface area contributed by atoms with Gasteiger partial charge < -0.3 is 4.74 Å². The molecule has 0 radical (unpaired) electrons. The van der Waals surface area contributed by atoms with Crippen molar-refractivity contribution in [3.8, 4) is 0 Å². The third-order valence-electron chi connectivity index (χ3n) is 1.32. The molecule has 3 nitrogen and oxygen atoms in total. The molecule has 0 aromatic carbocycles. The van der Waals surface area contributed by atoms with Crippen LogP contribution in [0.3, 0.4) is 0 Å². The molecule has 0 saturated heterocycles. The Kier molecular flexibility index (Phi) is 3.42. The molecule has 0 amide bonds. The minimum atomic E-state index is 0.191. The number of halogens is 1. The molecule has 5 heteroatoms. The maximum Gasteiger partial charge on any atom is 0.179 e. The Hall–Kier alpha value is -0.0000000000000000555. The van der Waals surface area contributed by atoms with Gasteiger partial charge in [0.25, 0.3) is 0 Å². The summed E-state index contributed by atoms with van der Waals surface area (Å²) in [6, 6.07) is 0. The van der Waals surface area contributed by atoms with Gasteiger partial charge in [-0.1, -0.05) is 0 Å². The van der Waals surface area contributed by atoms with Crippen LogP contribution in [0.4, 0.5) is 0 Å². The van der Waals surface area contributed by atoms with Crippen LogP contribution in [0.25, 0.3) is 0 Å². The molecule has 0 aliphatic rings. The molecule has 11 heavy (non-hydrogen) atoms. The minimum Gasteiger partial charge on any atom is -0.381 e. The molecule has 1 unspecified atom stereocenters. The summed E-state index contributed by atoms with van der Waals surface area (Å²) < 4.78 is 10.0. The van der Waals surface area contributed by atoms with Gasteiger partial charge in [-0.05, 0) is 34.4 Å². The quantitative estimate of drug-likeness (QED) is 0.805. The van der Waals surface area contributed by atoms with Gasteiger partial charge in [0.1, 0.15) is 5.82 Å². The first kappa shape index (κ1) is 9.09. The number of rotatable bonds is 3. The molecule has 0 aliphatic carbocycles. The number of ether oxygens (including phenoxy) is 1. The second-order valence-electron chi connectivity index (χ2n) is 2.21. The summed E-state index contributed by atoms with van der Waals surface area (Å²) in [4.78, 5) is 4.14. The van der Waals surface area contributed by atoms with Crippen molar-refractivity contribution in [2.45, 2.75) is 19.4 Å². The molecule has 1 aromatic rings. The van der Waals surface area contributed by atoms with Crippen LogP contribution < -0.4 is 0 Å². The molecule has 0 bridgehead atoms. The van der Waals surface area contributed by atoms with Crippen molar-refractivity contribution < 1.29 is 4.74 Å². The van der Waals surface area contributed by atoms with Crippen LogP contribution in [0.1, 0.15) is 12.7 Å². The molecule has 1 atom stereocenters. The zero-order valence-electron chi connectivity index (χ0n) is 6.37. The van der Waals surface area contributed by atoms with Gasteiger partial charge in [0.15, 0.2) is 3.92 Å². The molecule has 0 saturated carbocycles. The largest absolute Gasteiger partial charge is 0.381 e. The molecule has 0 N–H and O–H groups in total. The Bertz CT molecular complexity index is 228. The van der Waals surface area contributed by atoms with E-state index in [1.54, 1.807) is 7.11 Å². The van der Waals surface area contributed by atoms with Crippen LogP contribution in [0, 0.1) is 0 Å². The van der Waals surface area contributed by atoms with Gasteiger partial charge in [0, 0.05) is 13.5 Å². The van der Waals surface area contributed by atoms with E-state index in [4.69, 9.17) is 4.74 Å². The van der Waals surface area contributed by atoms with Gasteiger partial charge in [0.05, 0.1) is 6.10 Å². The van der Waals surface area contributed by atoms with Crippen molar-refractivity contribution in [1.82, 2.24) is 9.36 Å². The van der Waals surface area contributed by atoms with Crippen molar-refractivity contribution in [3.63, 3.8) is 0 Å². The van der Waals surface area contributed by atoms with Gasteiger partial charge in [-0.15, -0.1) is 0 Å². The number of nitrogens with zero attached hydrogens (tertiary/aromatic N) is 2. The number of aromatic nitrogens is 2. The van der Waals surface area contributed by atoms with Crippen LogP contribution in [0.2, 0.25) is 0 Å². The zero-order valence-corrected chi connectivity index (χ0v) is 8.78. The summed E-state index contributed by atoms with van der Waals surface area (Å²) in [5.74, 6) is 0.844. The maximum absolute atomic E-state index is 5.07. The second-order valence-corrected chi connectivity index (χ2v) is 4.24. The average Bonchev–Trinajstić information content (AvgIpc) is 2.35. The molecule has 1 aromatic heterocycles. The van der Waals surface area contributed by atoms with E-state index in [0.29, 0.717) is 0 Å². The van der Waals surface area contributed by atoms with E-state index in [1.165, 1.54) is 11.5 Å². The molecule has 62 valence electrons. The Morgan fingerprint density at radius 2 is 2.45 bits per heavy atom. The van der Waals surface area contributed by atoms with Crippen molar-refractivity contribution in [1.29, 1.82) is 0 Å². The molecule has 0 aliphatic heterocycles. The van der Waals surface area contributed by atoms with E-state index in [0.717, 1.165) is 16.2 Å². The average molecular weight is 237 g/mol. The normalized spacial score (nSPS) is 13.4. The van der Waals surface area contributed by atoms with Crippen LogP contribution in [0.5, 0.6) is 0 Å². The molecule has 1 heterocycles. The van der Waals surface area contributed by atoms with Crippen molar-refractivity contribution in [2.24, 2.45) is 0 Å². The van der Waals surface area contributed by atoms with Crippen LogP contribution >= 0.6 is 27.5 Å². The van der Waals surface area contributed by atoms with Gasteiger partial charge in [0.2, 0.25) is 0 Å². The fraction of sp³-hybridized carbons (Fsp3) is 0.667. The lowest BCUT2D eigenvalue weighted by Gasteiger charge is -2.04. The minimum absolute atomic E-state index is 0.191. The number of methoxy groups -OCH3 is 1. The lowest BCUT2D eigenvalue weighted by molar-refractivity contribution is 0.117. The standard InChI is InChI=1S/C6H9BrN2OS/c1-4(10-2)3-5-8-6(7)11-9-5/h4H,3H2,1-2H3. The highest BCUT2D eigenvalue weighted by molar-refractivity contribution is 9.11. The topological polar surface area (TPSA) is 35.0 Å². The second kappa shape index (κ2) is 4.13. The zero-order chi connectivity index (χ0) is 8.27. The molecule has 0 spiro atoms. The number of hydrogen-bond acceptors (Lipinski definition) is 4. The van der Waals surface area contributed by atoms with Crippen molar-refractivity contribution in [3.05, 3.63) is 9.74 Å². The predicted octanol–water partition coefficient (Wildman–Crippen LogP) is 1.88. The van der Waals surface area contributed by atoms with E-state index in [9.17, 15) is 0 Å². The molecule has 0 fully saturated rings. The smallest absolute Gasteiger partial charge is 0.179 e. The third-order valence-corrected chi connectivity index (χ3v) is 2.47. The maximum atomic E-state index is 5.07. The van der Waals surface area contributed by atoms with Gasteiger partial charge >= 0.3 is 0 Å². The molecular weight excluding hydrogens is 228 g/mol. The fourth-order valence-electron chi connectivity index (χ4n) is 0.656. The van der Waals surface area contributed by atoms with Gasteiger partial charge in [-0.25, -0.2) is 4.98 Å². The first-order valence-corrected chi connectivity index (χ1v) is 4.80. The summed E-state index contributed by atoms with van der Waals surface area (Å²) >= 11 is 4.60. The van der Waals surface area contributed by atoms with E-state index >= 15 is 0 Å². The fourth-order valence-corrected chi connectivity index (χ4v) is 1.52. The van der Waals surface area contributed by atoms with E-state index in [-0.39, 0.29) is 6.10 Å². The Labute approximate surface area is 78.1 Å². The van der Waals surface area contributed by atoms with E-state index in [1.807, 2.05) is 6.92 Å². The first-order valence-electron chi connectivity index (χ1n) is 3.23. The lowest BCUT2D eigenvalue weighted by atomic mass is 10.3. The highest BCUT2D eigenvalue weighted by Crippen LogP contribution is 2.13. The van der Waals surface area contributed by atoms with Crippen LogP contribution in [-0.2, 0) is 11.2 Å². The SMILES string of the molecule is COC(C)Cc1nsc(Br)n1. The summed E-state index contributed by atoms with van der Waals surface area (Å²) in [6.07, 6.45) is 0.968. The van der Waals surface area contributed by atoms with Crippen molar-refractivity contribution in [2.75, 3.05) is 7.11 Å². The highest BCUT2D eigenvalue weighted by Gasteiger charge is 2.06. The molecule has 1 rings (SSSR count). The Balaban J connectivity index is 2.50. The highest BCUT2D eigenvalue weighted by atomic mass is 79.9. The van der Waals surface area contributed by atoms with E-state index < -0.39 is 0 Å². The van der Waals surface area contributed by atoms with E-state index in [2.05, 4.69) is 25.3 Å². The third kappa shape index (κ3) is 2.84.